The van der Waals surface area contributed by atoms with Gasteiger partial charge < -0.3 is 9.47 Å². The van der Waals surface area contributed by atoms with Crippen LogP contribution in [0.2, 0.25) is 0 Å². The largest absolute Gasteiger partial charge is 0.493 e. The SMILES string of the molecule is COc1cc(/C=N/Nc2ccc(C)cc2)ccc1OCc1ccccc1F. The van der Waals surface area contributed by atoms with Crippen molar-refractivity contribution in [1.82, 2.24) is 0 Å². The van der Waals surface area contributed by atoms with E-state index in [4.69, 9.17) is 9.47 Å². The number of hydrogen-bond donors (Lipinski definition) is 1. The predicted molar refractivity (Wildman–Crippen MR) is 106 cm³/mol. The van der Waals surface area contributed by atoms with E-state index >= 15 is 0 Å². The van der Waals surface area contributed by atoms with Gasteiger partial charge in [-0.15, -0.1) is 0 Å². The molecule has 0 spiro atoms. The molecule has 0 saturated carbocycles. The normalized spacial score (nSPS) is 10.8. The van der Waals surface area contributed by atoms with Gasteiger partial charge in [0.15, 0.2) is 11.5 Å². The summed E-state index contributed by atoms with van der Waals surface area (Å²) in [6.07, 6.45) is 1.70. The number of benzene rings is 3. The summed E-state index contributed by atoms with van der Waals surface area (Å²) in [4.78, 5) is 0. The Morgan fingerprint density at radius 3 is 2.52 bits per heavy atom. The molecule has 5 heteroatoms. The van der Waals surface area contributed by atoms with E-state index in [1.54, 1.807) is 37.6 Å². The Hall–Kier alpha value is -3.34. The van der Waals surface area contributed by atoms with Crippen LogP contribution in [0, 0.1) is 12.7 Å². The summed E-state index contributed by atoms with van der Waals surface area (Å²) < 4.78 is 24.8. The first-order chi connectivity index (χ1) is 13.2. The van der Waals surface area contributed by atoms with Crippen molar-refractivity contribution in [1.29, 1.82) is 0 Å². The highest BCUT2D eigenvalue weighted by molar-refractivity contribution is 5.81. The Kier molecular flexibility index (Phi) is 6.05. The maximum atomic E-state index is 13.7. The molecule has 0 aromatic heterocycles. The van der Waals surface area contributed by atoms with Crippen LogP contribution in [0.25, 0.3) is 0 Å². The zero-order chi connectivity index (χ0) is 19.1. The van der Waals surface area contributed by atoms with E-state index in [0.717, 1.165) is 11.3 Å². The predicted octanol–water partition coefficient (Wildman–Crippen LogP) is 5.17. The summed E-state index contributed by atoms with van der Waals surface area (Å²) in [5.41, 5.74) is 6.43. The summed E-state index contributed by atoms with van der Waals surface area (Å²) >= 11 is 0. The van der Waals surface area contributed by atoms with Gasteiger partial charge >= 0.3 is 0 Å². The highest BCUT2D eigenvalue weighted by atomic mass is 19.1. The summed E-state index contributed by atoms with van der Waals surface area (Å²) in [5.74, 6) is 0.817. The fourth-order valence-corrected chi connectivity index (χ4v) is 2.46. The molecule has 0 radical (unpaired) electrons. The lowest BCUT2D eigenvalue weighted by Gasteiger charge is -2.11. The molecule has 3 aromatic rings. The van der Waals surface area contributed by atoms with Crippen molar-refractivity contribution in [3.63, 3.8) is 0 Å². The second kappa shape index (κ2) is 8.85. The van der Waals surface area contributed by atoms with Crippen molar-refractivity contribution in [2.45, 2.75) is 13.5 Å². The molecule has 0 aliphatic heterocycles. The van der Waals surface area contributed by atoms with Crippen LogP contribution in [-0.2, 0) is 6.61 Å². The van der Waals surface area contributed by atoms with Gasteiger partial charge in [0, 0.05) is 5.56 Å². The molecule has 138 valence electrons. The Morgan fingerprint density at radius 2 is 1.78 bits per heavy atom. The molecule has 4 nitrogen and oxygen atoms in total. The fourth-order valence-electron chi connectivity index (χ4n) is 2.46. The third-order valence-corrected chi connectivity index (χ3v) is 3.99. The second-order valence-electron chi connectivity index (χ2n) is 6.03. The third-order valence-electron chi connectivity index (χ3n) is 3.99. The van der Waals surface area contributed by atoms with Gasteiger partial charge in [-0.05, 0) is 48.9 Å². The average Bonchev–Trinajstić information content (AvgIpc) is 2.69. The van der Waals surface area contributed by atoms with Gasteiger partial charge in [0.2, 0.25) is 0 Å². The number of hydrazone groups is 1. The smallest absolute Gasteiger partial charge is 0.161 e. The number of rotatable bonds is 7. The maximum Gasteiger partial charge on any atom is 0.161 e. The van der Waals surface area contributed by atoms with Crippen LogP contribution in [0.4, 0.5) is 10.1 Å². The number of hydrogen-bond acceptors (Lipinski definition) is 4. The quantitative estimate of drug-likeness (QED) is 0.465. The van der Waals surface area contributed by atoms with Crippen molar-refractivity contribution in [3.05, 3.63) is 89.2 Å². The molecule has 1 N–H and O–H groups in total. The topological polar surface area (TPSA) is 42.8 Å². The van der Waals surface area contributed by atoms with Gasteiger partial charge in [0.05, 0.1) is 19.0 Å². The van der Waals surface area contributed by atoms with Crippen molar-refractivity contribution < 1.29 is 13.9 Å². The zero-order valence-corrected chi connectivity index (χ0v) is 15.3. The van der Waals surface area contributed by atoms with E-state index in [1.165, 1.54) is 11.6 Å². The molecule has 3 rings (SSSR count). The molecule has 0 saturated heterocycles. The highest BCUT2D eigenvalue weighted by Crippen LogP contribution is 2.28. The summed E-state index contributed by atoms with van der Waals surface area (Å²) in [6, 6.07) is 20.0. The Bertz CT molecular complexity index is 924. The second-order valence-corrected chi connectivity index (χ2v) is 6.03. The Balaban J connectivity index is 1.65. The van der Waals surface area contributed by atoms with Crippen molar-refractivity contribution in [2.24, 2.45) is 5.10 Å². The monoisotopic (exact) mass is 364 g/mol. The molecule has 0 amide bonds. The first-order valence-electron chi connectivity index (χ1n) is 8.55. The number of aryl methyl sites for hydroxylation is 1. The molecule has 0 fully saturated rings. The van der Waals surface area contributed by atoms with E-state index in [0.29, 0.717) is 17.1 Å². The van der Waals surface area contributed by atoms with Crippen LogP contribution >= 0.6 is 0 Å². The summed E-state index contributed by atoms with van der Waals surface area (Å²) in [5, 5.41) is 4.23. The molecule has 27 heavy (non-hydrogen) atoms. The minimum atomic E-state index is -0.289. The van der Waals surface area contributed by atoms with Crippen molar-refractivity contribution in [3.8, 4) is 11.5 Å². The van der Waals surface area contributed by atoms with E-state index in [9.17, 15) is 4.39 Å². The molecule has 0 aliphatic carbocycles. The molecular weight excluding hydrogens is 343 g/mol. The summed E-state index contributed by atoms with van der Waals surface area (Å²) in [7, 11) is 1.57. The van der Waals surface area contributed by atoms with Crippen LogP contribution in [0.3, 0.4) is 0 Å². The van der Waals surface area contributed by atoms with Crippen LogP contribution in [0.15, 0.2) is 71.8 Å². The molecule has 0 atom stereocenters. The molecular formula is C22H21FN2O2. The highest BCUT2D eigenvalue weighted by Gasteiger charge is 2.07. The Morgan fingerprint density at radius 1 is 1.00 bits per heavy atom. The van der Waals surface area contributed by atoms with Gasteiger partial charge in [-0.1, -0.05) is 35.9 Å². The molecule has 0 bridgehead atoms. The lowest BCUT2D eigenvalue weighted by atomic mass is 10.2. The minimum absolute atomic E-state index is 0.130. The van der Waals surface area contributed by atoms with Crippen LogP contribution in [0.1, 0.15) is 16.7 Å². The molecule has 0 heterocycles. The van der Waals surface area contributed by atoms with Gasteiger partial charge in [-0.2, -0.15) is 5.10 Å². The zero-order valence-electron chi connectivity index (χ0n) is 15.3. The number of ether oxygens (including phenoxy) is 2. The van der Waals surface area contributed by atoms with E-state index < -0.39 is 0 Å². The maximum absolute atomic E-state index is 13.7. The molecule has 0 unspecified atom stereocenters. The third kappa shape index (κ3) is 5.07. The van der Waals surface area contributed by atoms with E-state index in [2.05, 4.69) is 10.5 Å². The van der Waals surface area contributed by atoms with Gasteiger partial charge in [-0.25, -0.2) is 4.39 Å². The van der Waals surface area contributed by atoms with Crippen LogP contribution in [-0.4, -0.2) is 13.3 Å². The lowest BCUT2D eigenvalue weighted by molar-refractivity contribution is 0.279. The lowest BCUT2D eigenvalue weighted by Crippen LogP contribution is -2.00. The number of halogens is 1. The average molecular weight is 364 g/mol. The fraction of sp³-hybridized carbons (Fsp3) is 0.136. The van der Waals surface area contributed by atoms with Gasteiger partial charge in [0.25, 0.3) is 0 Å². The van der Waals surface area contributed by atoms with Gasteiger partial charge in [-0.3, -0.25) is 5.43 Å². The number of anilines is 1. The van der Waals surface area contributed by atoms with Crippen molar-refractivity contribution in [2.75, 3.05) is 12.5 Å². The van der Waals surface area contributed by atoms with E-state index in [-0.39, 0.29) is 12.4 Å². The minimum Gasteiger partial charge on any atom is -0.493 e. The molecule has 3 aromatic carbocycles. The van der Waals surface area contributed by atoms with Crippen LogP contribution < -0.4 is 14.9 Å². The number of methoxy groups -OCH3 is 1. The Labute approximate surface area is 158 Å². The standard InChI is InChI=1S/C22H21FN2O2/c1-16-7-10-19(11-8-16)25-24-14-17-9-12-21(22(13-17)26-2)27-15-18-5-3-4-6-20(18)23/h3-14,25H,15H2,1-2H3/b24-14+. The summed E-state index contributed by atoms with van der Waals surface area (Å²) in [6.45, 7) is 2.17. The van der Waals surface area contributed by atoms with E-state index in [1.807, 2.05) is 43.3 Å². The van der Waals surface area contributed by atoms with Crippen molar-refractivity contribution >= 4 is 11.9 Å². The first-order valence-corrected chi connectivity index (χ1v) is 8.55. The number of nitrogens with one attached hydrogen (secondary N) is 1. The van der Waals surface area contributed by atoms with Gasteiger partial charge in [0.1, 0.15) is 12.4 Å². The first kappa shape index (κ1) is 18.5. The molecule has 0 aliphatic rings. The number of nitrogens with zero attached hydrogens (tertiary/aromatic N) is 1. The van der Waals surface area contributed by atoms with Crippen LogP contribution in [0.5, 0.6) is 11.5 Å².